The molecule has 27 heavy (non-hydrogen) atoms. The summed E-state index contributed by atoms with van der Waals surface area (Å²) in [5, 5.41) is 4.52. The summed E-state index contributed by atoms with van der Waals surface area (Å²) >= 11 is 1.34. The van der Waals surface area contributed by atoms with Crippen molar-refractivity contribution in [2.45, 2.75) is 26.1 Å². The van der Waals surface area contributed by atoms with Gasteiger partial charge in [0.2, 0.25) is 0 Å². The van der Waals surface area contributed by atoms with Crippen LogP contribution in [-0.2, 0) is 20.9 Å². The van der Waals surface area contributed by atoms with E-state index in [1.807, 2.05) is 12.3 Å². The first-order valence-corrected chi connectivity index (χ1v) is 9.08. The van der Waals surface area contributed by atoms with Crippen LogP contribution in [0.15, 0.2) is 40.5 Å². The molecule has 0 saturated heterocycles. The Labute approximate surface area is 157 Å². The first kappa shape index (κ1) is 17.2. The zero-order chi connectivity index (χ0) is 19.0. The minimum absolute atomic E-state index is 0.146. The molecule has 1 amide bonds. The van der Waals surface area contributed by atoms with Gasteiger partial charge in [-0.1, -0.05) is 12.1 Å². The van der Waals surface area contributed by atoms with E-state index in [4.69, 9.17) is 9.47 Å². The van der Waals surface area contributed by atoms with Crippen molar-refractivity contribution < 1.29 is 19.1 Å². The number of fused-ring (bicyclic) bond motifs is 2. The third-order valence-corrected chi connectivity index (χ3v) is 5.01. The zero-order valence-electron chi connectivity index (χ0n) is 14.3. The molecule has 1 N–H and O–H groups in total. The van der Waals surface area contributed by atoms with Crippen molar-refractivity contribution in [1.82, 2.24) is 9.38 Å². The fraction of sp³-hybridized carbons (Fsp3) is 0.222. The Morgan fingerprint density at radius 3 is 3.04 bits per heavy atom. The van der Waals surface area contributed by atoms with Gasteiger partial charge in [-0.25, -0.2) is 4.98 Å². The van der Waals surface area contributed by atoms with Gasteiger partial charge in [-0.3, -0.25) is 18.8 Å². The van der Waals surface area contributed by atoms with E-state index < -0.39 is 18.0 Å². The van der Waals surface area contributed by atoms with Crippen LogP contribution in [0, 0.1) is 6.92 Å². The first-order valence-electron chi connectivity index (χ1n) is 8.20. The van der Waals surface area contributed by atoms with Crippen molar-refractivity contribution in [2.75, 3.05) is 5.32 Å². The fourth-order valence-corrected chi connectivity index (χ4v) is 3.66. The zero-order valence-corrected chi connectivity index (χ0v) is 15.1. The number of nitrogens with one attached hydrogen (secondary N) is 1. The molecule has 0 radical (unpaired) electrons. The molecule has 0 bridgehead atoms. The monoisotopic (exact) mass is 385 g/mol. The Bertz CT molecular complexity index is 1100. The number of ether oxygens (including phenoxy) is 2. The summed E-state index contributed by atoms with van der Waals surface area (Å²) in [4.78, 5) is 41.1. The molecule has 0 aliphatic carbocycles. The number of rotatable bonds is 4. The number of para-hydroxylation sites is 2. The number of carbonyl (C=O) groups excluding carboxylic acids is 2. The number of carbonyl (C=O) groups is 2. The highest BCUT2D eigenvalue weighted by Crippen LogP contribution is 2.29. The Kier molecular flexibility index (Phi) is 4.36. The summed E-state index contributed by atoms with van der Waals surface area (Å²) in [7, 11) is 0. The lowest BCUT2D eigenvalue weighted by molar-refractivity contribution is -0.149. The van der Waals surface area contributed by atoms with E-state index in [-0.39, 0.29) is 18.6 Å². The van der Waals surface area contributed by atoms with Crippen LogP contribution in [0.5, 0.6) is 5.75 Å². The summed E-state index contributed by atoms with van der Waals surface area (Å²) in [6.07, 6.45) is -1.20. The molecule has 3 heterocycles. The van der Waals surface area contributed by atoms with Gasteiger partial charge in [-0.05, 0) is 19.1 Å². The fourth-order valence-electron chi connectivity index (χ4n) is 2.77. The third-order valence-electron chi connectivity index (χ3n) is 4.07. The second-order valence-electron chi connectivity index (χ2n) is 6.04. The van der Waals surface area contributed by atoms with Crippen LogP contribution in [0.25, 0.3) is 4.96 Å². The van der Waals surface area contributed by atoms with Crippen molar-refractivity contribution in [3.8, 4) is 5.75 Å². The topological polar surface area (TPSA) is 99.0 Å². The van der Waals surface area contributed by atoms with Gasteiger partial charge in [-0.15, -0.1) is 11.3 Å². The average Bonchev–Trinajstić information content (AvgIpc) is 3.02. The molecule has 2 aromatic heterocycles. The molecule has 4 rings (SSSR count). The van der Waals surface area contributed by atoms with E-state index in [1.165, 1.54) is 21.8 Å². The van der Waals surface area contributed by atoms with Crippen LogP contribution in [0.3, 0.4) is 0 Å². The molecule has 138 valence electrons. The molecule has 0 spiro atoms. The van der Waals surface area contributed by atoms with Crippen LogP contribution >= 0.6 is 11.3 Å². The molecule has 9 heteroatoms. The minimum Gasteiger partial charge on any atom is -0.478 e. The SMILES string of the molecule is Cc1csc2nc(COC(=O)C[C@@H]3Oc4ccccc4NC3=O)cc(=O)n12. The van der Waals surface area contributed by atoms with Gasteiger partial charge < -0.3 is 14.8 Å². The van der Waals surface area contributed by atoms with E-state index in [0.29, 0.717) is 22.1 Å². The standard InChI is InChI=1S/C18H15N3O5S/c1-10-9-27-18-19-11(6-15(22)21(10)18)8-25-16(23)7-14-17(24)20-12-4-2-3-5-13(12)26-14/h2-6,9,14H,7-8H2,1H3,(H,20,24)/t14-/m0/s1. The van der Waals surface area contributed by atoms with E-state index in [2.05, 4.69) is 10.3 Å². The average molecular weight is 385 g/mol. The molecule has 0 saturated carbocycles. The lowest BCUT2D eigenvalue weighted by Gasteiger charge is -2.25. The van der Waals surface area contributed by atoms with Gasteiger partial charge in [0.05, 0.1) is 17.8 Å². The van der Waals surface area contributed by atoms with Gasteiger partial charge in [-0.2, -0.15) is 0 Å². The molecular formula is C18H15N3O5S. The molecule has 0 fully saturated rings. The maximum atomic E-state index is 12.1. The van der Waals surface area contributed by atoms with Crippen molar-refractivity contribution >= 4 is 33.9 Å². The number of amides is 1. The van der Waals surface area contributed by atoms with E-state index in [0.717, 1.165) is 5.69 Å². The highest BCUT2D eigenvalue weighted by atomic mass is 32.1. The second kappa shape index (κ2) is 6.84. The summed E-state index contributed by atoms with van der Waals surface area (Å²) in [6, 6.07) is 8.31. The van der Waals surface area contributed by atoms with E-state index >= 15 is 0 Å². The maximum Gasteiger partial charge on any atom is 0.310 e. The molecule has 0 unspecified atom stereocenters. The smallest absolute Gasteiger partial charge is 0.310 e. The number of nitrogens with zero attached hydrogens (tertiary/aromatic N) is 2. The number of thiazole rings is 1. The van der Waals surface area contributed by atoms with E-state index in [9.17, 15) is 14.4 Å². The first-order chi connectivity index (χ1) is 13.0. The summed E-state index contributed by atoms with van der Waals surface area (Å²) in [5.74, 6) is -0.514. The Morgan fingerprint density at radius 1 is 1.37 bits per heavy atom. The van der Waals surface area contributed by atoms with Crippen LogP contribution < -0.4 is 15.6 Å². The Morgan fingerprint density at radius 2 is 2.19 bits per heavy atom. The Balaban J connectivity index is 1.40. The van der Waals surface area contributed by atoms with Gasteiger partial charge in [0.15, 0.2) is 11.1 Å². The number of hydrogen-bond acceptors (Lipinski definition) is 7. The van der Waals surface area contributed by atoms with Crippen molar-refractivity contribution in [3.63, 3.8) is 0 Å². The molecule has 1 aliphatic heterocycles. The number of anilines is 1. The molecule has 3 aromatic rings. The highest BCUT2D eigenvalue weighted by molar-refractivity contribution is 7.15. The molecular weight excluding hydrogens is 370 g/mol. The molecule has 8 nitrogen and oxygen atoms in total. The number of hydrogen-bond donors (Lipinski definition) is 1. The van der Waals surface area contributed by atoms with Gasteiger partial charge >= 0.3 is 5.97 Å². The normalized spacial score (nSPS) is 15.7. The lowest BCUT2D eigenvalue weighted by Crippen LogP contribution is -2.38. The van der Waals surface area contributed by atoms with Gasteiger partial charge in [0.1, 0.15) is 12.4 Å². The predicted octanol–water partition coefficient (Wildman–Crippen LogP) is 1.90. The van der Waals surface area contributed by atoms with E-state index in [1.54, 1.807) is 24.3 Å². The predicted molar refractivity (Wildman–Crippen MR) is 98.0 cm³/mol. The number of benzene rings is 1. The third kappa shape index (κ3) is 3.41. The number of aryl methyl sites for hydroxylation is 1. The van der Waals surface area contributed by atoms with Crippen molar-refractivity contribution in [2.24, 2.45) is 0 Å². The van der Waals surface area contributed by atoms with Gasteiger partial charge in [0.25, 0.3) is 11.5 Å². The molecule has 1 aromatic carbocycles. The van der Waals surface area contributed by atoms with Crippen LogP contribution in [0.2, 0.25) is 0 Å². The van der Waals surface area contributed by atoms with Crippen molar-refractivity contribution in [3.05, 3.63) is 57.5 Å². The molecule has 1 atom stereocenters. The minimum atomic E-state index is -0.964. The van der Waals surface area contributed by atoms with Crippen LogP contribution in [-0.4, -0.2) is 27.4 Å². The summed E-state index contributed by atoms with van der Waals surface area (Å²) in [6.45, 7) is 1.67. The number of esters is 1. The maximum absolute atomic E-state index is 12.1. The summed E-state index contributed by atoms with van der Waals surface area (Å²) < 4.78 is 12.2. The quantitative estimate of drug-likeness (QED) is 0.689. The van der Waals surface area contributed by atoms with Crippen LogP contribution in [0.1, 0.15) is 17.8 Å². The Hall–Kier alpha value is -3.20. The van der Waals surface area contributed by atoms with Crippen molar-refractivity contribution in [1.29, 1.82) is 0 Å². The second-order valence-corrected chi connectivity index (χ2v) is 6.87. The highest BCUT2D eigenvalue weighted by Gasteiger charge is 2.30. The van der Waals surface area contributed by atoms with Crippen LogP contribution in [0.4, 0.5) is 5.69 Å². The number of aromatic nitrogens is 2. The largest absolute Gasteiger partial charge is 0.478 e. The lowest BCUT2D eigenvalue weighted by atomic mass is 10.1. The summed E-state index contributed by atoms with van der Waals surface area (Å²) in [5.41, 5.74) is 1.50. The van der Waals surface area contributed by atoms with Gasteiger partial charge in [0, 0.05) is 17.1 Å². The molecule has 1 aliphatic rings.